The number of carbonyl (C=O) groups is 1. The maximum absolute atomic E-state index is 11.3. The van der Waals surface area contributed by atoms with Gasteiger partial charge in [-0.25, -0.2) is 0 Å². The summed E-state index contributed by atoms with van der Waals surface area (Å²) >= 11 is 6.05. The molecule has 1 aromatic rings. The molecule has 1 aliphatic rings. The zero-order chi connectivity index (χ0) is 13.3. The van der Waals surface area contributed by atoms with Gasteiger partial charge in [0, 0.05) is 22.1 Å². The normalized spacial score (nSPS) is 21.9. The minimum Gasteiger partial charge on any atom is -0.548 e. The van der Waals surface area contributed by atoms with Gasteiger partial charge in [0.25, 0.3) is 0 Å². The first kappa shape index (κ1) is 16.4. The Bertz CT molecular complexity index is 466. The maximum Gasteiger partial charge on any atom is 0.0647 e. The highest BCUT2D eigenvalue weighted by atomic mass is 32.2. The van der Waals surface area contributed by atoms with E-state index in [0.717, 1.165) is 10.5 Å². The van der Waals surface area contributed by atoms with E-state index in [1.165, 1.54) is 0 Å². The van der Waals surface area contributed by atoms with E-state index < -0.39 is 12.0 Å². The molecule has 0 unspecified atom stereocenters. The molecule has 0 spiro atoms. The molecule has 0 aliphatic carbocycles. The summed E-state index contributed by atoms with van der Waals surface area (Å²) in [5, 5.41) is 11.3. The van der Waals surface area contributed by atoms with Crippen LogP contribution in [0.5, 0.6) is 0 Å². The first-order valence-electron chi connectivity index (χ1n) is 5.77. The molecule has 1 saturated heterocycles. The second-order valence-corrected chi connectivity index (χ2v) is 7.05. The lowest BCUT2D eigenvalue weighted by Crippen LogP contribution is -2.52. The van der Waals surface area contributed by atoms with Crippen molar-refractivity contribution in [3.63, 3.8) is 0 Å². The number of benzene rings is 1. The maximum atomic E-state index is 11.3. The van der Waals surface area contributed by atoms with E-state index in [-0.39, 0.29) is 10.9 Å². The van der Waals surface area contributed by atoms with E-state index in [1.54, 1.807) is 11.8 Å². The predicted octanol–water partition coefficient (Wildman–Crippen LogP) is 1.75. The molecule has 6 heteroatoms. The SMILES string of the molecule is CC1(C)SCN(Cc2ccccc2S)[C@H]1C(=O)[O-].[NH4+]. The van der Waals surface area contributed by atoms with Crippen LogP contribution in [-0.2, 0) is 11.3 Å². The van der Waals surface area contributed by atoms with Gasteiger partial charge in [0.05, 0.1) is 12.0 Å². The molecule has 1 fully saturated rings. The van der Waals surface area contributed by atoms with E-state index in [0.29, 0.717) is 12.4 Å². The third kappa shape index (κ3) is 3.45. The quantitative estimate of drug-likeness (QED) is 0.834. The van der Waals surface area contributed by atoms with Crippen LogP contribution in [0.25, 0.3) is 0 Å². The van der Waals surface area contributed by atoms with Gasteiger partial charge in [-0.3, -0.25) is 4.90 Å². The van der Waals surface area contributed by atoms with Gasteiger partial charge in [0.1, 0.15) is 0 Å². The number of thiol groups is 1. The summed E-state index contributed by atoms with van der Waals surface area (Å²) in [4.78, 5) is 14.1. The molecule has 0 radical (unpaired) electrons. The zero-order valence-corrected chi connectivity index (χ0v) is 13.1. The summed E-state index contributed by atoms with van der Waals surface area (Å²) in [5.41, 5.74) is 1.05. The summed E-state index contributed by atoms with van der Waals surface area (Å²) in [5.74, 6) is -0.296. The van der Waals surface area contributed by atoms with Crippen LogP contribution in [0.1, 0.15) is 19.4 Å². The summed E-state index contributed by atoms with van der Waals surface area (Å²) in [6.45, 7) is 4.49. The van der Waals surface area contributed by atoms with Crippen molar-refractivity contribution in [2.45, 2.75) is 36.1 Å². The van der Waals surface area contributed by atoms with Crippen LogP contribution < -0.4 is 11.3 Å². The number of aliphatic carboxylic acids is 1. The lowest BCUT2D eigenvalue weighted by Gasteiger charge is -2.32. The molecule has 4 nitrogen and oxygen atoms in total. The second kappa shape index (κ2) is 6.17. The van der Waals surface area contributed by atoms with Crippen LogP contribution >= 0.6 is 24.4 Å². The average Bonchev–Trinajstić information content (AvgIpc) is 2.57. The van der Waals surface area contributed by atoms with Crippen LogP contribution in [0.2, 0.25) is 0 Å². The molecule has 19 heavy (non-hydrogen) atoms. The van der Waals surface area contributed by atoms with Crippen LogP contribution in [-0.4, -0.2) is 27.5 Å². The number of carbonyl (C=O) groups excluding carboxylic acids is 1. The van der Waals surface area contributed by atoms with Gasteiger partial charge in [0.2, 0.25) is 0 Å². The third-order valence-electron chi connectivity index (χ3n) is 3.21. The first-order valence-corrected chi connectivity index (χ1v) is 7.21. The van der Waals surface area contributed by atoms with Crippen molar-refractivity contribution in [2.24, 2.45) is 0 Å². The summed E-state index contributed by atoms with van der Waals surface area (Å²) in [6.07, 6.45) is 0. The van der Waals surface area contributed by atoms with E-state index in [1.807, 2.05) is 43.0 Å². The summed E-state index contributed by atoms with van der Waals surface area (Å²) in [6, 6.07) is 7.20. The Morgan fingerprint density at radius 2 is 2.16 bits per heavy atom. The van der Waals surface area contributed by atoms with Crippen molar-refractivity contribution < 1.29 is 9.90 Å². The van der Waals surface area contributed by atoms with Crippen LogP contribution in [0.4, 0.5) is 0 Å². The lowest BCUT2D eigenvalue weighted by atomic mass is 10.0. The largest absolute Gasteiger partial charge is 0.548 e. The van der Waals surface area contributed by atoms with Gasteiger partial charge in [0.15, 0.2) is 0 Å². The Labute approximate surface area is 123 Å². The Morgan fingerprint density at radius 1 is 1.53 bits per heavy atom. The molecular formula is C13H20N2O2S2. The van der Waals surface area contributed by atoms with E-state index in [2.05, 4.69) is 12.6 Å². The Morgan fingerprint density at radius 3 is 2.74 bits per heavy atom. The predicted molar refractivity (Wildman–Crippen MR) is 80.6 cm³/mol. The third-order valence-corrected chi connectivity index (χ3v) is 5.08. The topological polar surface area (TPSA) is 79.9 Å². The highest BCUT2D eigenvalue weighted by molar-refractivity contribution is 8.00. The Kier molecular flexibility index (Phi) is 5.32. The van der Waals surface area contributed by atoms with E-state index in [4.69, 9.17) is 0 Å². The highest BCUT2D eigenvalue weighted by Crippen LogP contribution is 2.39. The van der Waals surface area contributed by atoms with Gasteiger partial charge < -0.3 is 16.1 Å². The molecule has 0 aromatic heterocycles. The summed E-state index contributed by atoms with van der Waals surface area (Å²) < 4.78 is -0.315. The highest BCUT2D eigenvalue weighted by Gasteiger charge is 2.41. The molecule has 1 aromatic carbocycles. The molecule has 0 amide bonds. The number of nitrogens with zero attached hydrogens (tertiary/aromatic N) is 1. The van der Waals surface area contributed by atoms with Crippen LogP contribution in [0, 0.1) is 0 Å². The number of carboxylic acid groups (broad SMARTS) is 1. The molecule has 4 N–H and O–H groups in total. The van der Waals surface area contributed by atoms with Crippen molar-refractivity contribution in [3.05, 3.63) is 29.8 Å². The Balaban J connectivity index is 0.00000180. The fourth-order valence-corrected chi connectivity index (χ4v) is 3.65. The van der Waals surface area contributed by atoms with Gasteiger partial charge in [-0.1, -0.05) is 18.2 Å². The van der Waals surface area contributed by atoms with Gasteiger partial charge in [-0.05, 0) is 25.5 Å². The minimum atomic E-state index is -0.998. The van der Waals surface area contributed by atoms with Crippen molar-refractivity contribution in [1.29, 1.82) is 0 Å². The molecule has 2 rings (SSSR count). The minimum absolute atomic E-state index is 0. The fraction of sp³-hybridized carbons (Fsp3) is 0.462. The number of quaternary nitrogens is 1. The van der Waals surface area contributed by atoms with Gasteiger partial charge in [-0.2, -0.15) is 0 Å². The zero-order valence-electron chi connectivity index (χ0n) is 11.4. The van der Waals surface area contributed by atoms with E-state index >= 15 is 0 Å². The molecule has 1 aliphatic heterocycles. The van der Waals surface area contributed by atoms with Crippen molar-refractivity contribution in [1.82, 2.24) is 11.1 Å². The van der Waals surface area contributed by atoms with Crippen LogP contribution in [0.3, 0.4) is 0 Å². The van der Waals surface area contributed by atoms with Crippen LogP contribution in [0.15, 0.2) is 29.2 Å². The number of rotatable bonds is 3. The van der Waals surface area contributed by atoms with Crippen molar-refractivity contribution in [2.75, 3.05) is 5.88 Å². The summed E-state index contributed by atoms with van der Waals surface area (Å²) in [7, 11) is 0. The molecule has 1 heterocycles. The monoisotopic (exact) mass is 300 g/mol. The van der Waals surface area contributed by atoms with Crippen molar-refractivity contribution >= 4 is 30.4 Å². The first-order chi connectivity index (χ1) is 8.42. The molecular weight excluding hydrogens is 280 g/mol. The molecule has 0 saturated carbocycles. The number of hydrogen-bond donors (Lipinski definition) is 2. The van der Waals surface area contributed by atoms with Gasteiger partial charge >= 0.3 is 0 Å². The molecule has 0 bridgehead atoms. The second-order valence-electron chi connectivity index (χ2n) is 4.97. The fourth-order valence-electron chi connectivity index (χ4n) is 2.28. The smallest absolute Gasteiger partial charge is 0.0647 e. The number of carboxylic acids is 1. The van der Waals surface area contributed by atoms with Crippen molar-refractivity contribution in [3.8, 4) is 0 Å². The number of hydrogen-bond acceptors (Lipinski definition) is 5. The average molecular weight is 300 g/mol. The van der Waals surface area contributed by atoms with E-state index in [9.17, 15) is 9.90 Å². The molecule has 1 atom stereocenters. The Hall–Kier alpha value is -0.690. The number of thioether (sulfide) groups is 1. The lowest BCUT2D eigenvalue weighted by molar-refractivity contribution is -0.312. The standard InChI is InChI=1S/C13H17NO2S2.H3N/c1-13(2)11(12(15)16)14(8-18-13)7-9-5-3-4-6-10(9)17;/h3-6,11,17H,7-8H2,1-2H3,(H,15,16);1H3/t11-;/m0./s1. The van der Waals surface area contributed by atoms with Gasteiger partial charge in [-0.15, -0.1) is 24.4 Å². The molecule has 106 valence electrons.